The number of aromatic nitrogens is 7. The van der Waals surface area contributed by atoms with Gasteiger partial charge in [-0.15, -0.1) is 11.3 Å². The second-order valence-electron chi connectivity index (χ2n) is 3.80. The van der Waals surface area contributed by atoms with Crippen LogP contribution in [0.1, 0.15) is 10.7 Å². The molecule has 0 bridgehead atoms. The number of hydrogen-bond acceptors (Lipinski definition) is 8. The van der Waals surface area contributed by atoms with Gasteiger partial charge in [0.1, 0.15) is 17.7 Å². The summed E-state index contributed by atoms with van der Waals surface area (Å²) in [5.74, 6) is 0.670. The molecule has 20 heavy (non-hydrogen) atoms. The average molecular weight is 309 g/mol. The molecule has 0 saturated heterocycles. The van der Waals surface area contributed by atoms with Crippen LogP contribution in [0.4, 0.5) is 5.95 Å². The van der Waals surface area contributed by atoms with Crippen molar-refractivity contribution in [3.05, 3.63) is 34.0 Å². The molecular formula is C10H9ClN8S. The molecule has 0 amide bonds. The van der Waals surface area contributed by atoms with Gasteiger partial charge in [0.25, 0.3) is 5.95 Å². The van der Waals surface area contributed by atoms with E-state index in [2.05, 4.69) is 35.3 Å². The Morgan fingerprint density at radius 3 is 2.90 bits per heavy atom. The molecule has 3 heterocycles. The van der Waals surface area contributed by atoms with Crippen LogP contribution in [0.25, 0.3) is 5.95 Å². The SMILES string of the molecule is Cc1csc(CNc2nc(Cl)nc(-n3cncn3)n2)n1. The van der Waals surface area contributed by atoms with E-state index < -0.39 is 0 Å². The molecule has 102 valence electrons. The van der Waals surface area contributed by atoms with Crippen molar-refractivity contribution in [2.75, 3.05) is 5.32 Å². The molecule has 0 fully saturated rings. The van der Waals surface area contributed by atoms with Gasteiger partial charge in [-0.3, -0.25) is 0 Å². The van der Waals surface area contributed by atoms with Crippen LogP contribution >= 0.6 is 22.9 Å². The number of anilines is 1. The summed E-state index contributed by atoms with van der Waals surface area (Å²) in [6, 6.07) is 0. The zero-order valence-electron chi connectivity index (χ0n) is 10.4. The minimum Gasteiger partial charge on any atom is -0.348 e. The summed E-state index contributed by atoms with van der Waals surface area (Å²) >= 11 is 7.45. The number of halogens is 1. The monoisotopic (exact) mass is 308 g/mol. The maximum Gasteiger partial charge on any atom is 0.258 e. The van der Waals surface area contributed by atoms with Crippen LogP contribution in [-0.4, -0.2) is 34.7 Å². The molecule has 0 aliphatic rings. The molecule has 1 N–H and O–H groups in total. The molecule has 0 aliphatic carbocycles. The van der Waals surface area contributed by atoms with Gasteiger partial charge < -0.3 is 5.32 Å². The standard InChI is InChI=1S/C10H9ClN8S/c1-6-3-20-7(15-6)2-13-9-16-8(11)17-10(18-9)19-5-12-4-14-19/h3-5H,2H2,1H3,(H,13,16,17,18). The molecule has 0 spiro atoms. The quantitative estimate of drug-likeness (QED) is 0.780. The number of rotatable bonds is 4. The van der Waals surface area contributed by atoms with Crippen molar-refractivity contribution in [2.45, 2.75) is 13.5 Å². The lowest BCUT2D eigenvalue weighted by molar-refractivity contribution is 0.793. The summed E-state index contributed by atoms with van der Waals surface area (Å²) < 4.78 is 1.41. The van der Waals surface area contributed by atoms with Crippen LogP contribution < -0.4 is 5.32 Å². The molecule has 0 aliphatic heterocycles. The first kappa shape index (κ1) is 12.9. The molecular weight excluding hydrogens is 300 g/mol. The fourth-order valence-electron chi connectivity index (χ4n) is 1.47. The lowest BCUT2D eigenvalue weighted by Crippen LogP contribution is -2.09. The van der Waals surface area contributed by atoms with Gasteiger partial charge in [0, 0.05) is 11.1 Å². The molecule has 3 aromatic heterocycles. The highest BCUT2D eigenvalue weighted by atomic mass is 35.5. The summed E-state index contributed by atoms with van der Waals surface area (Å²) in [6.45, 7) is 2.47. The lowest BCUT2D eigenvalue weighted by atomic mass is 10.6. The smallest absolute Gasteiger partial charge is 0.258 e. The van der Waals surface area contributed by atoms with Crippen molar-refractivity contribution in [1.82, 2.24) is 34.7 Å². The fraction of sp³-hybridized carbons (Fsp3) is 0.200. The third kappa shape index (κ3) is 2.89. The van der Waals surface area contributed by atoms with Gasteiger partial charge in [0.2, 0.25) is 11.2 Å². The molecule has 10 heteroatoms. The molecule has 0 atom stereocenters. The van der Waals surface area contributed by atoms with Crippen molar-refractivity contribution < 1.29 is 0 Å². The van der Waals surface area contributed by atoms with Crippen LogP contribution in [0, 0.1) is 6.92 Å². The minimum atomic E-state index is 0.0864. The molecule has 0 aromatic carbocycles. The van der Waals surface area contributed by atoms with Gasteiger partial charge in [-0.25, -0.2) is 9.97 Å². The zero-order chi connectivity index (χ0) is 13.9. The number of nitrogens with one attached hydrogen (secondary N) is 1. The van der Waals surface area contributed by atoms with Crippen LogP contribution in [0.2, 0.25) is 5.28 Å². The Labute approximate surface area is 122 Å². The van der Waals surface area contributed by atoms with Crippen molar-refractivity contribution in [2.24, 2.45) is 0 Å². The normalized spacial score (nSPS) is 10.7. The van der Waals surface area contributed by atoms with Gasteiger partial charge >= 0.3 is 0 Å². The lowest BCUT2D eigenvalue weighted by Gasteiger charge is -2.04. The molecule has 8 nitrogen and oxygen atoms in total. The van der Waals surface area contributed by atoms with Gasteiger partial charge in [-0.2, -0.15) is 24.7 Å². The first-order chi connectivity index (χ1) is 9.70. The Bertz CT molecular complexity index is 710. The topological polar surface area (TPSA) is 94.3 Å². The number of aryl methyl sites for hydroxylation is 1. The molecule has 3 aromatic rings. The summed E-state index contributed by atoms with van der Waals surface area (Å²) in [5, 5.41) is 10.0. The van der Waals surface area contributed by atoms with E-state index in [9.17, 15) is 0 Å². The summed E-state index contributed by atoms with van der Waals surface area (Å²) in [5.41, 5.74) is 0.990. The Morgan fingerprint density at radius 2 is 2.20 bits per heavy atom. The van der Waals surface area contributed by atoms with E-state index in [1.54, 1.807) is 11.3 Å². The predicted octanol–water partition coefficient (Wildman–Crippen LogP) is 1.48. The van der Waals surface area contributed by atoms with Gasteiger partial charge in [0.05, 0.1) is 6.54 Å². The van der Waals surface area contributed by atoms with Gasteiger partial charge in [-0.05, 0) is 18.5 Å². The highest BCUT2D eigenvalue weighted by Gasteiger charge is 2.08. The summed E-state index contributed by atoms with van der Waals surface area (Å²) in [6.07, 6.45) is 2.88. The summed E-state index contributed by atoms with van der Waals surface area (Å²) in [4.78, 5) is 20.4. The van der Waals surface area contributed by atoms with E-state index in [1.807, 2.05) is 12.3 Å². The molecule has 0 saturated carbocycles. The predicted molar refractivity (Wildman–Crippen MR) is 73.9 cm³/mol. The van der Waals surface area contributed by atoms with Gasteiger partial charge in [-0.1, -0.05) is 0 Å². The maximum atomic E-state index is 5.88. The van der Waals surface area contributed by atoms with E-state index in [0.717, 1.165) is 10.7 Å². The Morgan fingerprint density at radius 1 is 1.30 bits per heavy atom. The minimum absolute atomic E-state index is 0.0864. The Hall–Kier alpha value is -2.13. The number of nitrogens with zero attached hydrogens (tertiary/aromatic N) is 7. The van der Waals surface area contributed by atoms with Crippen molar-refractivity contribution in [3.8, 4) is 5.95 Å². The van der Waals surface area contributed by atoms with Gasteiger partial charge in [0.15, 0.2) is 0 Å². The van der Waals surface area contributed by atoms with E-state index in [1.165, 1.54) is 17.3 Å². The Kier molecular flexibility index (Phi) is 3.52. The van der Waals surface area contributed by atoms with Crippen molar-refractivity contribution in [1.29, 1.82) is 0 Å². The number of hydrogen-bond donors (Lipinski definition) is 1. The first-order valence-electron chi connectivity index (χ1n) is 5.62. The van der Waals surface area contributed by atoms with E-state index in [-0.39, 0.29) is 5.28 Å². The van der Waals surface area contributed by atoms with Crippen LogP contribution in [-0.2, 0) is 6.54 Å². The number of thiazole rings is 1. The van der Waals surface area contributed by atoms with E-state index in [4.69, 9.17) is 11.6 Å². The highest BCUT2D eigenvalue weighted by Crippen LogP contribution is 2.12. The van der Waals surface area contributed by atoms with E-state index in [0.29, 0.717) is 18.4 Å². The molecule has 0 unspecified atom stereocenters. The first-order valence-corrected chi connectivity index (χ1v) is 6.88. The van der Waals surface area contributed by atoms with Crippen LogP contribution in [0.5, 0.6) is 0 Å². The average Bonchev–Trinajstić information content (AvgIpc) is 3.07. The van der Waals surface area contributed by atoms with E-state index >= 15 is 0 Å². The third-order valence-electron chi connectivity index (χ3n) is 2.28. The summed E-state index contributed by atoms with van der Waals surface area (Å²) in [7, 11) is 0. The largest absolute Gasteiger partial charge is 0.348 e. The molecule has 3 rings (SSSR count). The second kappa shape index (κ2) is 5.47. The molecule has 0 radical (unpaired) electrons. The Balaban J connectivity index is 1.79. The third-order valence-corrected chi connectivity index (χ3v) is 3.42. The zero-order valence-corrected chi connectivity index (χ0v) is 11.9. The van der Waals surface area contributed by atoms with Crippen molar-refractivity contribution in [3.63, 3.8) is 0 Å². The van der Waals surface area contributed by atoms with Crippen LogP contribution in [0.3, 0.4) is 0 Å². The van der Waals surface area contributed by atoms with Crippen molar-refractivity contribution >= 4 is 28.9 Å². The second-order valence-corrected chi connectivity index (χ2v) is 5.08. The van der Waals surface area contributed by atoms with Crippen LogP contribution in [0.15, 0.2) is 18.0 Å². The fourth-order valence-corrected chi connectivity index (χ4v) is 2.34. The highest BCUT2D eigenvalue weighted by molar-refractivity contribution is 7.09. The maximum absolute atomic E-state index is 5.88.